The number of carboxylic acids is 1. The van der Waals surface area contributed by atoms with Gasteiger partial charge in [0.25, 0.3) is 0 Å². The van der Waals surface area contributed by atoms with Gasteiger partial charge in [-0.1, -0.05) is 42.5 Å². The van der Waals surface area contributed by atoms with Crippen molar-refractivity contribution in [3.8, 4) is 11.5 Å². The summed E-state index contributed by atoms with van der Waals surface area (Å²) in [5.41, 5.74) is 1.27. The van der Waals surface area contributed by atoms with Gasteiger partial charge >= 0.3 is 5.97 Å². The van der Waals surface area contributed by atoms with E-state index in [1.165, 1.54) is 0 Å². The summed E-state index contributed by atoms with van der Waals surface area (Å²) in [6.45, 7) is 0.365. The van der Waals surface area contributed by atoms with Gasteiger partial charge in [-0.15, -0.1) is 0 Å². The monoisotopic (exact) mass is 298 g/mol. The lowest BCUT2D eigenvalue weighted by atomic mass is 9.91. The highest BCUT2D eigenvalue weighted by atomic mass is 16.5. The zero-order chi connectivity index (χ0) is 15.6. The third-order valence-corrected chi connectivity index (χ3v) is 4.15. The number of benzene rings is 2. The second-order valence-electron chi connectivity index (χ2n) is 5.78. The van der Waals surface area contributed by atoms with Crippen LogP contribution in [0, 0.1) is 0 Å². The van der Waals surface area contributed by atoms with E-state index in [4.69, 9.17) is 9.84 Å². The van der Waals surface area contributed by atoms with E-state index >= 15 is 0 Å². The molecule has 0 bridgehead atoms. The smallest absolute Gasteiger partial charge is 0.304 e. The van der Waals surface area contributed by atoms with Gasteiger partial charge < -0.3 is 14.9 Å². The van der Waals surface area contributed by atoms with Gasteiger partial charge in [0, 0.05) is 11.0 Å². The van der Waals surface area contributed by atoms with E-state index in [0.717, 1.165) is 18.4 Å². The first kappa shape index (κ1) is 14.4. The number of phenolic OH excluding ortho intramolecular Hbond substituents is 1. The number of carboxylic acid groups (broad SMARTS) is 1. The van der Waals surface area contributed by atoms with E-state index in [-0.39, 0.29) is 12.2 Å². The third-order valence-electron chi connectivity index (χ3n) is 4.15. The number of aliphatic carboxylic acids is 1. The molecule has 1 fully saturated rings. The molecule has 2 N–H and O–H groups in total. The fourth-order valence-corrected chi connectivity index (χ4v) is 2.78. The first-order chi connectivity index (χ1) is 10.6. The van der Waals surface area contributed by atoms with Crippen molar-refractivity contribution in [3.05, 3.63) is 59.7 Å². The van der Waals surface area contributed by atoms with Gasteiger partial charge in [-0.05, 0) is 24.5 Å². The molecule has 0 saturated heterocycles. The molecule has 0 amide bonds. The van der Waals surface area contributed by atoms with Crippen molar-refractivity contribution in [1.29, 1.82) is 0 Å². The van der Waals surface area contributed by atoms with Crippen molar-refractivity contribution < 1.29 is 19.7 Å². The molecule has 0 aromatic heterocycles. The van der Waals surface area contributed by atoms with Crippen molar-refractivity contribution in [3.63, 3.8) is 0 Å². The fraction of sp³-hybridized carbons (Fsp3) is 0.278. The van der Waals surface area contributed by atoms with Gasteiger partial charge in [0.05, 0.1) is 6.42 Å². The molecule has 0 radical (unpaired) electrons. The molecule has 0 atom stereocenters. The van der Waals surface area contributed by atoms with Crippen LogP contribution in [0.15, 0.2) is 48.5 Å². The molecule has 1 aliphatic rings. The second kappa shape index (κ2) is 5.72. The average Bonchev–Trinajstić information content (AvgIpc) is 3.27. The lowest BCUT2D eigenvalue weighted by Crippen LogP contribution is -2.13. The first-order valence-corrected chi connectivity index (χ1v) is 7.32. The molecule has 0 heterocycles. The Kier molecular flexibility index (Phi) is 3.75. The number of hydrogen-bond acceptors (Lipinski definition) is 3. The molecule has 22 heavy (non-hydrogen) atoms. The van der Waals surface area contributed by atoms with Crippen LogP contribution in [0.1, 0.15) is 30.4 Å². The van der Waals surface area contributed by atoms with Crippen LogP contribution in [0.5, 0.6) is 11.5 Å². The average molecular weight is 298 g/mol. The highest BCUT2D eigenvalue weighted by Gasteiger charge is 2.48. The van der Waals surface area contributed by atoms with E-state index in [1.54, 1.807) is 18.2 Å². The Morgan fingerprint density at radius 3 is 2.45 bits per heavy atom. The number of rotatable bonds is 6. The molecular weight excluding hydrogens is 280 g/mol. The van der Waals surface area contributed by atoms with Crippen LogP contribution in [0.4, 0.5) is 0 Å². The quantitative estimate of drug-likeness (QED) is 0.857. The van der Waals surface area contributed by atoms with E-state index < -0.39 is 11.4 Å². The summed E-state index contributed by atoms with van der Waals surface area (Å²) >= 11 is 0. The van der Waals surface area contributed by atoms with Crippen LogP contribution in [0.2, 0.25) is 0 Å². The predicted molar refractivity (Wildman–Crippen MR) is 82.0 cm³/mol. The van der Waals surface area contributed by atoms with E-state index in [9.17, 15) is 9.90 Å². The van der Waals surface area contributed by atoms with Crippen LogP contribution < -0.4 is 4.74 Å². The molecule has 4 heteroatoms. The van der Waals surface area contributed by atoms with Gasteiger partial charge in [-0.25, -0.2) is 0 Å². The van der Waals surface area contributed by atoms with E-state index in [0.29, 0.717) is 17.9 Å². The van der Waals surface area contributed by atoms with Gasteiger partial charge in [-0.3, -0.25) is 4.79 Å². The minimum atomic E-state index is -0.840. The molecular formula is C18H18O4. The normalized spacial score (nSPS) is 15.3. The van der Waals surface area contributed by atoms with Crippen LogP contribution in [-0.2, 0) is 16.8 Å². The predicted octanol–water partition coefficient (Wildman–Crippen LogP) is 3.48. The minimum Gasteiger partial charge on any atom is -0.504 e. The van der Waals surface area contributed by atoms with Crippen LogP contribution in [0.3, 0.4) is 0 Å². The lowest BCUT2D eigenvalue weighted by molar-refractivity contribution is -0.137. The Hall–Kier alpha value is -2.49. The largest absolute Gasteiger partial charge is 0.504 e. The summed E-state index contributed by atoms with van der Waals surface area (Å²) in [6, 6.07) is 15.0. The first-order valence-electron chi connectivity index (χ1n) is 7.32. The topological polar surface area (TPSA) is 66.8 Å². The highest BCUT2D eigenvalue weighted by Crippen LogP contribution is 2.55. The maximum absolute atomic E-state index is 11.0. The molecule has 2 aromatic rings. The fourth-order valence-electron chi connectivity index (χ4n) is 2.78. The van der Waals surface area contributed by atoms with Crippen molar-refractivity contribution in [2.24, 2.45) is 0 Å². The standard InChI is InChI=1S/C18H18O4/c19-16(20)11-18(9-10-18)14-7-4-8-15(17(14)21)22-12-13-5-2-1-3-6-13/h1-8,21H,9-12H2,(H,19,20). The zero-order valence-corrected chi connectivity index (χ0v) is 12.2. The minimum absolute atomic E-state index is 0.0443. The van der Waals surface area contributed by atoms with Crippen LogP contribution in [-0.4, -0.2) is 16.2 Å². The molecule has 3 rings (SSSR count). The number of phenols is 1. The van der Waals surface area contributed by atoms with E-state index in [2.05, 4.69) is 0 Å². The number of carbonyl (C=O) groups is 1. The molecule has 4 nitrogen and oxygen atoms in total. The van der Waals surface area contributed by atoms with E-state index in [1.807, 2.05) is 30.3 Å². The maximum atomic E-state index is 11.0. The Balaban J connectivity index is 1.79. The second-order valence-corrected chi connectivity index (χ2v) is 5.78. The summed E-state index contributed by atoms with van der Waals surface area (Å²) in [5.74, 6) is -0.372. The van der Waals surface area contributed by atoms with Crippen molar-refractivity contribution in [2.75, 3.05) is 0 Å². The van der Waals surface area contributed by atoms with Crippen LogP contribution in [0.25, 0.3) is 0 Å². The number of aromatic hydroxyl groups is 1. The summed E-state index contributed by atoms with van der Waals surface area (Å²) in [7, 11) is 0. The highest BCUT2D eigenvalue weighted by molar-refractivity contribution is 5.71. The summed E-state index contributed by atoms with van der Waals surface area (Å²) in [6.07, 6.45) is 1.62. The zero-order valence-electron chi connectivity index (χ0n) is 12.2. The summed E-state index contributed by atoms with van der Waals surface area (Å²) in [4.78, 5) is 11.0. The van der Waals surface area contributed by atoms with Crippen molar-refractivity contribution in [2.45, 2.75) is 31.3 Å². The Morgan fingerprint density at radius 2 is 1.82 bits per heavy atom. The lowest BCUT2D eigenvalue weighted by Gasteiger charge is -2.17. The third kappa shape index (κ3) is 2.91. The van der Waals surface area contributed by atoms with Gasteiger partial charge in [0.1, 0.15) is 6.61 Å². The van der Waals surface area contributed by atoms with Gasteiger partial charge in [0.15, 0.2) is 11.5 Å². The van der Waals surface area contributed by atoms with Gasteiger partial charge in [0.2, 0.25) is 0 Å². The number of para-hydroxylation sites is 1. The molecule has 2 aromatic carbocycles. The molecule has 0 spiro atoms. The number of ether oxygens (including phenoxy) is 1. The molecule has 0 aliphatic heterocycles. The molecule has 114 valence electrons. The Bertz CT molecular complexity index is 675. The van der Waals surface area contributed by atoms with Crippen molar-refractivity contribution in [1.82, 2.24) is 0 Å². The molecule has 1 aliphatic carbocycles. The Labute approximate surface area is 129 Å². The summed E-state index contributed by atoms with van der Waals surface area (Å²) < 4.78 is 5.69. The number of hydrogen-bond donors (Lipinski definition) is 2. The molecule has 1 saturated carbocycles. The van der Waals surface area contributed by atoms with Crippen LogP contribution >= 0.6 is 0 Å². The van der Waals surface area contributed by atoms with Gasteiger partial charge in [-0.2, -0.15) is 0 Å². The Morgan fingerprint density at radius 1 is 1.09 bits per heavy atom. The van der Waals surface area contributed by atoms with Crippen molar-refractivity contribution >= 4 is 5.97 Å². The molecule has 0 unspecified atom stereocenters. The maximum Gasteiger partial charge on any atom is 0.304 e. The summed E-state index contributed by atoms with van der Waals surface area (Å²) in [5, 5.41) is 19.5. The SMILES string of the molecule is O=C(O)CC1(c2cccc(OCc3ccccc3)c2O)CC1.